The number of benzene rings is 1. The molecule has 0 radical (unpaired) electrons. The number of rotatable bonds is 6. The van der Waals surface area contributed by atoms with E-state index in [0.717, 1.165) is 18.8 Å². The zero-order chi connectivity index (χ0) is 13.9. The van der Waals surface area contributed by atoms with Crippen LogP contribution in [-0.4, -0.2) is 20.8 Å². The standard InChI is InChI=1S/C15H21N5/c1-2-20-15(17-10-18-20)9-14(19-16)13-8-12(13)11-6-4-3-5-7-11/h3-7,10,12-14,19H,2,8-9,16H2,1H3. The van der Waals surface area contributed by atoms with Crippen molar-refractivity contribution >= 4 is 0 Å². The molecule has 1 aromatic heterocycles. The lowest BCUT2D eigenvalue weighted by molar-refractivity contribution is 0.443. The summed E-state index contributed by atoms with van der Waals surface area (Å²) in [7, 11) is 0. The lowest BCUT2D eigenvalue weighted by Crippen LogP contribution is -2.39. The Hall–Kier alpha value is -1.72. The molecule has 1 aliphatic rings. The van der Waals surface area contributed by atoms with E-state index in [0.29, 0.717) is 11.8 Å². The predicted molar refractivity (Wildman–Crippen MR) is 77.8 cm³/mol. The van der Waals surface area contributed by atoms with Crippen molar-refractivity contribution < 1.29 is 0 Å². The van der Waals surface area contributed by atoms with Crippen molar-refractivity contribution in [2.45, 2.75) is 38.3 Å². The second kappa shape index (κ2) is 5.73. The summed E-state index contributed by atoms with van der Waals surface area (Å²) in [6.45, 7) is 2.92. The lowest BCUT2D eigenvalue weighted by atomic mass is 10.0. The highest BCUT2D eigenvalue weighted by Gasteiger charge is 2.43. The molecule has 0 saturated heterocycles. The van der Waals surface area contributed by atoms with Gasteiger partial charge in [0.05, 0.1) is 0 Å². The van der Waals surface area contributed by atoms with Crippen LogP contribution in [0.25, 0.3) is 0 Å². The smallest absolute Gasteiger partial charge is 0.138 e. The molecule has 3 unspecified atom stereocenters. The van der Waals surface area contributed by atoms with Gasteiger partial charge in [0.2, 0.25) is 0 Å². The van der Waals surface area contributed by atoms with Gasteiger partial charge in [-0.05, 0) is 30.7 Å². The van der Waals surface area contributed by atoms with E-state index >= 15 is 0 Å². The van der Waals surface area contributed by atoms with Crippen molar-refractivity contribution in [3.63, 3.8) is 0 Å². The molecule has 1 saturated carbocycles. The van der Waals surface area contributed by atoms with Gasteiger partial charge in [-0.1, -0.05) is 30.3 Å². The van der Waals surface area contributed by atoms with Crippen LogP contribution in [0.2, 0.25) is 0 Å². The Kier molecular flexibility index (Phi) is 3.80. The van der Waals surface area contributed by atoms with Crippen LogP contribution in [0.5, 0.6) is 0 Å². The van der Waals surface area contributed by atoms with Crippen molar-refractivity contribution in [1.82, 2.24) is 20.2 Å². The molecule has 1 fully saturated rings. The van der Waals surface area contributed by atoms with Crippen molar-refractivity contribution in [3.05, 3.63) is 48.0 Å². The summed E-state index contributed by atoms with van der Waals surface area (Å²) in [5, 5.41) is 4.22. The van der Waals surface area contributed by atoms with E-state index in [1.165, 1.54) is 12.0 Å². The Labute approximate surface area is 119 Å². The Morgan fingerprint density at radius 3 is 2.90 bits per heavy atom. The zero-order valence-corrected chi connectivity index (χ0v) is 11.7. The fourth-order valence-corrected chi connectivity index (χ4v) is 2.98. The van der Waals surface area contributed by atoms with E-state index in [4.69, 9.17) is 5.84 Å². The fourth-order valence-electron chi connectivity index (χ4n) is 2.98. The molecule has 5 nitrogen and oxygen atoms in total. The first-order valence-corrected chi connectivity index (χ1v) is 7.21. The molecular weight excluding hydrogens is 250 g/mol. The number of nitrogens with two attached hydrogens (primary N) is 1. The summed E-state index contributed by atoms with van der Waals surface area (Å²) in [5.41, 5.74) is 4.38. The largest absolute Gasteiger partial charge is 0.271 e. The average Bonchev–Trinajstić information content (AvgIpc) is 3.17. The molecule has 3 N–H and O–H groups in total. The zero-order valence-electron chi connectivity index (χ0n) is 11.7. The normalized spacial score (nSPS) is 22.7. The molecule has 1 heterocycles. The van der Waals surface area contributed by atoms with Crippen LogP contribution in [0.15, 0.2) is 36.7 Å². The van der Waals surface area contributed by atoms with E-state index in [1.54, 1.807) is 6.33 Å². The topological polar surface area (TPSA) is 68.8 Å². The van der Waals surface area contributed by atoms with Crippen LogP contribution in [0.4, 0.5) is 0 Å². The summed E-state index contributed by atoms with van der Waals surface area (Å²) in [4.78, 5) is 4.34. The lowest BCUT2D eigenvalue weighted by Gasteiger charge is -2.15. The van der Waals surface area contributed by atoms with Crippen molar-refractivity contribution in [2.75, 3.05) is 0 Å². The van der Waals surface area contributed by atoms with E-state index < -0.39 is 0 Å². The Morgan fingerprint density at radius 2 is 2.20 bits per heavy atom. The maximum absolute atomic E-state index is 5.75. The summed E-state index contributed by atoms with van der Waals surface area (Å²) in [5.74, 6) is 7.97. The molecule has 3 atom stereocenters. The van der Waals surface area contributed by atoms with Crippen molar-refractivity contribution in [3.8, 4) is 0 Å². The third-order valence-electron chi connectivity index (χ3n) is 4.20. The van der Waals surface area contributed by atoms with Crippen LogP contribution in [0, 0.1) is 5.92 Å². The highest BCUT2D eigenvalue weighted by Crippen LogP contribution is 2.49. The molecule has 3 rings (SSSR count). The first-order chi connectivity index (χ1) is 9.83. The van der Waals surface area contributed by atoms with Gasteiger partial charge in [0.15, 0.2) is 0 Å². The van der Waals surface area contributed by atoms with Gasteiger partial charge in [0.1, 0.15) is 12.2 Å². The summed E-state index contributed by atoms with van der Waals surface area (Å²) in [6.07, 6.45) is 3.64. The molecule has 2 aromatic rings. The minimum atomic E-state index is 0.259. The molecule has 0 bridgehead atoms. The first kappa shape index (κ1) is 13.3. The van der Waals surface area contributed by atoms with E-state index in [9.17, 15) is 0 Å². The second-order valence-electron chi connectivity index (χ2n) is 5.39. The van der Waals surface area contributed by atoms with Gasteiger partial charge >= 0.3 is 0 Å². The Bertz CT molecular complexity index is 550. The van der Waals surface area contributed by atoms with Gasteiger partial charge in [-0.25, -0.2) is 4.98 Å². The Balaban J connectivity index is 1.67. The molecule has 5 heteroatoms. The van der Waals surface area contributed by atoms with Crippen LogP contribution < -0.4 is 11.3 Å². The minimum Gasteiger partial charge on any atom is -0.271 e. The molecular formula is C15H21N5. The van der Waals surface area contributed by atoms with E-state index in [2.05, 4.69) is 52.8 Å². The maximum Gasteiger partial charge on any atom is 0.138 e. The summed E-state index contributed by atoms with van der Waals surface area (Å²) >= 11 is 0. The molecule has 0 amide bonds. The summed E-state index contributed by atoms with van der Waals surface area (Å²) in [6, 6.07) is 10.9. The molecule has 20 heavy (non-hydrogen) atoms. The quantitative estimate of drug-likeness (QED) is 0.617. The number of hydrogen-bond acceptors (Lipinski definition) is 4. The highest BCUT2D eigenvalue weighted by atomic mass is 15.3. The number of aromatic nitrogens is 3. The van der Waals surface area contributed by atoms with Crippen molar-refractivity contribution in [1.29, 1.82) is 0 Å². The first-order valence-electron chi connectivity index (χ1n) is 7.21. The number of hydrogen-bond donors (Lipinski definition) is 2. The van der Waals surface area contributed by atoms with Crippen LogP contribution in [0.1, 0.15) is 30.7 Å². The average molecular weight is 271 g/mol. The van der Waals surface area contributed by atoms with Gasteiger partial charge in [-0.3, -0.25) is 16.0 Å². The molecule has 1 aromatic carbocycles. The number of hydrazine groups is 1. The molecule has 106 valence electrons. The van der Waals surface area contributed by atoms with E-state index in [1.807, 2.05) is 4.68 Å². The number of nitrogens with zero attached hydrogens (tertiary/aromatic N) is 3. The van der Waals surface area contributed by atoms with Gasteiger partial charge in [0, 0.05) is 19.0 Å². The Morgan fingerprint density at radius 1 is 1.40 bits per heavy atom. The van der Waals surface area contributed by atoms with Gasteiger partial charge < -0.3 is 0 Å². The van der Waals surface area contributed by atoms with Crippen LogP contribution >= 0.6 is 0 Å². The molecule has 0 spiro atoms. The maximum atomic E-state index is 5.75. The van der Waals surface area contributed by atoms with E-state index in [-0.39, 0.29) is 6.04 Å². The van der Waals surface area contributed by atoms with Gasteiger partial charge in [0.25, 0.3) is 0 Å². The SMILES string of the molecule is CCn1ncnc1CC(NN)C1CC1c1ccccc1. The van der Waals surface area contributed by atoms with Crippen LogP contribution in [0.3, 0.4) is 0 Å². The second-order valence-corrected chi connectivity index (χ2v) is 5.39. The van der Waals surface area contributed by atoms with Crippen molar-refractivity contribution in [2.24, 2.45) is 11.8 Å². The minimum absolute atomic E-state index is 0.259. The number of aryl methyl sites for hydroxylation is 1. The third-order valence-corrected chi connectivity index (χ3v) is 4.20. The summed E-state index contributed by atoms with van der Waals surface area (Å²) < 4.78 is 1.93. The monoisotopic (exact) mass is 271 g/mol. The van der Waals surface area contributed by atoms with Gasteiger partial charge in [-0.15, -0.1) is 0 Å². The molecule has 1 aliphatic carbocycles. The van der Waals surface area contributed by atoms with Crippen LogP contribution in [-0.2, 0) is 13.0 Å². The molecule has 0 aliphatic heterocycles. The fraction of sp³-hybridized carbons (Fsp3) is 0.467. The van der Waals surface area contributed by atoms with Gasteiger partial charge in [-0.2, -0.15) is 5.10 Å². The highest BCUT2D eigenvalue weighted by molar-refractivity contribution is 5.26. The third kappa shape index (κ3) is 2.59. The number of nitrogens with one attached hydrogen (secondary N) is 1. The predicted octanol–water partition coefficient (Wildman–Crippen LogP) is 1.48.